The van der Waals surface area contributed by atoms with Crippen molar-refractivity contribution in [3.8, 4) is 5.75 Å². The van der Waals surface area contributed by atoms with Crippen molar-refractivity contribution in [1.29, 1.82) is 0 Å². The zero-order valence-electron chi connectivity index (χ0n) is 21.8. The minimum absolute atomic E-state index is 0. The first-order valence-electron chi connectivity index (χ1n) is 12.6. The number of aromatic nitrogens is 2. The predicted octanol–water partition coefficient (Wildman–Crippen LogP) is 4.65. The van der Waals surface area contributed by atoms with Crippen LogP contribution < -0.4 is 20.9 Å². The summed E-state index contributed by atoms with van der Waals surface area (Å²) in [6.45, 7) is 0.753. The van der Waals surface area contributed by atoms with Gasteiger partial charge in [0.1, 0.15) is 11.3 Å². The third-order valence-electron chi connectivity index (χ3n) is 6.56. The van der Waals surface area contributed by atoms with E-state index in [1.54, 1.807) is 48.5 Å². The first kappa shape index (κ1) is 32.1. The predicted molar refractivity (Wildman–Crippen MR) is 144 cm³/mol. The Hall–Kier alpha value is -3.45. The van der Waals surface area contributed by atoms with Crippen molar-refractivity contribution in [2.45, 2.75) is 31.9 Å². The first-order valence-corrected chi connectivity index (χ1v) is 12.6. The van der Waals surface area contributed by atoms with Gasteiger partial charge in [0.05, 0.1) is 12.2 Å². The van der Waals surface area contributed by atoms with Gasteiger partial charge >= 0.3 is 18.0 Å². The fourth-order valence-electron chi connectivity index (χ4n) is 4.60. The molecule has 0 amide bonds. The number of benzene rings is 2. The van der Waals surface area contributed by atoms with Crippen molar-refractivity contribution >= 4 is 18.1 Å². The largest absolute Gasteiger partial charge is 0.482 e. The lowest BCUT2D eigenvalue weighted by molar-refractivity contribution is -0.153. The fraction of sp³-hybridized carbons (Fsp3) is 0.407. The van der Waals surface area contributed by atoms with E-state index in [9.17, 15) is 35.9 Å². The van der Waals surface area contributed by atoms with Crippen LogP contribution in [0.5, 0.6) is 5.75 Å². The molecule has 7 nitrogen and oxygen atoms in total. The molecule has 1 saturated heterocycles. The minimum atomic E-state index is -4.92. The summed E-state index contributed by atoms with van der Waals surface area (Å²) in [4.78, 5) is 29.5. The van der Waals surface area contributed by atoms with Crippen LogP contribution in [0.3, 0.4) is 0 Å². The van der Waals surface area contributed by atoms with Gasteiger partial charge < -0.3 is 9.64 Å². The SMILES string of the molecule is Cl.O=c1c(C(F)(F)F)cn(Cc2ccccc2)c(=O)n1CCCN1CCN(c2ccccc2OCC(F)(F)F)CC1. The van der Waals surface area contributed by atoms with Crippen LogP contribution in [0.15, 0.2) is 70.4 Å². The summed E-state index contributed by atoms with van der Waals surface area (Å²) in [6.07, 6.45) is -8.55. The van der Waals surface area contributed by atoms with Crippen molar-refractivity contribution < 1.29 is 31.1 Å². The number of alkyl halides is 6. The van der Waals surface area contributed by atoms with Gasteiger partial charge in [0.25, 0.3) is 5.56 Å². The summed E-state index contributed by atoms with van der Waals surface area (Å²) >= 11 is 0. The van der Waals surface area contributed by atoms with E-state index in [1.165, 1.54) is 6.07 Å². The molecule has 1 aromatic heterocycles. The molecule has 0 spiro atoms. The van der Waals surface area contributed by atoms with E-state index in [4.69, 9.17) is 4.74 Å². The van der Waals surface area contributed by atoms with Gasteiger partial charge in [0, 0.05) is 38.9 Å². The highest BCUT2D eigenvalue weighted by atomic mass is 35.5. The Kier molecular flexibility index (Phi) is 10.5. The number of nitrogens with zero attached hydrogens (tertiary/aromatic N) is 4. The van der Waals surface area contributed by atoms with Crippen LogP contribution in [-0.2, 0) is 19.3 Å². The Morgan fingerprint density at radius 1 is 0.805 bits per heavy atom. The summed E-state index contributed by atoms with van der Waals surface area (Å²) in [5.74, 6) is 0.129. The van der Waals surface area contributed by atoms with E-state index < -0.39 is 35.8 Å². The number of ether oxygens (including phenoxy) is 1. The molecule has 224 valence electrons. The smallest absolute Gasteiger partial charge is 0.423 e. The van der Waals surface area contributed by atoms with Crippen molar-refractivity contribution in [2.24, 2.45) is 0 Å². The average Bonchev–Trinajstić information content (AvgIpc) is 2.91. The van der Waals surface area contributed by atoms with Crippen LogP contribution in [0.4, 0.5) is 32.0 Å². The lowest BCUT2D eigenvalue weighted by Crippen LogP contribution is -2.47. The molecule has 41 heavy (non-hydrogen) atoms. The molecule has 0 unspecified atom stereocenters. The van der Waals surface area contributed by atoms with E-state index in [0.29, 0.717) is 54.7 Å². The highest BCUT2D eigenvalue weighted by Gasteiger charge is 2.36. The molecule has 1 aliphatic heterocycles. The van der Waals surface area contributed by atoms with Gasteiger partial charge in [0.2, 0.25) is 0 Å². The van der Waals surface area contributed by atoms with E-state index >= 15 is 0 Å². The Morgan fingerprint density at radius 2 is 1.44 bits per heavy atom. The zero-order chi connectivity index (χ0) is 28.9. The summed E-state index contributed by atoms with van der Waals surface area (Å²) < 4.78 is 85.1. The Bertz CT molecular complexity index is 1400. The number of anilines is 1. The molecule has 0 bridgehead atoms. The van der Waals surface area contributed by atoms with Crippen molar-refractivity contribution in [1.82, 2.24) is 14.0 Å². The van der Waals surface area contributed by atoms with Gasteiger partial charge in [-0.1, -0.05) is 42.5 Å². The van der Waals surface area contributed by atoms with E-state index in [-0.39, 0.29) is 37.7 Å². The van der Waals surface area contributed by atoms with Crippen LogP contribution in [0, 0.1) is 0 Å². The Balaban J connectivity index is 0.00000462. The van der Waals surface area contributed by atoms with E-state index in [1.807, 2.05) is 9.80 Å². The molecule has 14 heteroatoms. The molecule has 4 rings (SSSR count). The van der Waals surface area contributed by atoms with E-state index in [2.05, 4.69) is 0 Å². The Morgan fingerprint density at radius 3 is 2.07 bits per heavy atom. The van der Waals surface area contributed by atoms with Gasteiger partial charge in [0.15, 0.2) is 6.61 Å². The van der Waals surface area contributed by atoms with Crippen LogP contribution in [0.1, 0.15) is 17.5 Å². The number of rotatable bonds is 9. The molecule has 0 aliphatic carbocycles. The van der Waals surface area contributed by atoms with Gasteiger partial charge in [-0.2, -0.15) is 26.3 Å². The van der Waals surface area contributed by atoms with Gasteiger partial charge in [-0.15, -0.1) is 12.4 Å². The third kappa shape index (κ3) is 8.52. The number of hydrogen-bond donors (Lipinski definition) is 0. The molecule has 0 radical (unpaired) electrons. The molecule has 3 aromatic rings. The summed E-state index contributed by atoms with van der Waals surface area (Å²) in [5, 5.41) is 0. The maximum Gasteiger partial charge on any atom is 0.423 e. The minimum Gasteiger partial charge on any atom is -0.482 e. The highest BCUT2D eigenvalue weighted by molar-refractivity contribution is 5.85. The Labute approximate surface area is 238 Å². The molecule has 2 aromatic carbocycles. The fourth-order valence-corrected chi connectivity index (χ4v) is 4.60. The normalized spacial score (nSPS) is 14.5. The highest BCUT2D eigenvalue weighted by Crippen LogP contribution is 2.30. The van der Waals surface area contributed by atoms with Gasteiger partial charge in [-0.25, -0.2) is 4.79 Å². The number of para-hydroxylation sites is 2. The number of hydrogen-bond acceptors (Lipinski definition) is 5. The monoisotopic (exact) mass is 606 g/mol. The lowest BCUT2D eigenvalue weighted by atomic mass is 10.2. The number of piperazine rings is 1. The van der Waals surface area contributed by atoms with Crippen LogP contribution in [-0.4, -0.2) is 59.5 Å². The summed E-state index contributed by atoms with van der Waals surface area (Å²) in [7, 11) is 0. The maximum absolute atomic E-state index is 13.6. The van der Waals surface area contributed by atoms with Crippen molar-refractivity contribution in [2.75, 3.05) is 44.2 Å². The van der Waals surface area contributed by atoms with Crippen LogP contribution in [0.25, 0.3) is 0 Å². The molecular weight excluding hydrogens is 578 g/mol. The van der Waals surface area contributed by atoms with E-state index in [0.717, 1.165) is 4.57 Å². The third-order valence-corrected chi connectivity index (χ3v) is 6.56. The molecule has 0 N–H and O–H groups in total. The second-order valence-electron chi connectivity index (χ2n) is 9.45. The van der Waals surface area contributed by atoms with Crippen LogP contribution in [0.2, 0.25) is 0 Å². The molecule has 0 atom stereocenters. The van der Waals surface area contributed by atoms with Crippen molar-refractivity contribution in [3.63, 3.8) is 0 Å². The average molecular weight is 607 g/mol. The molecule has 1 aliphatic rings. The number of halogens is 7. The quantitative estimate of drug-likeness (QED) is 0.332. The van der Waals surface area contributed by atoms with Crippen LogP contribution >= 0.6 is 12.4 Å². The molecule has 1 fully saturated rings. The zero-order valence-corrected chi connectivity index (χ0v) is 22.6. The molecule has 2 heterocycles. The van der Waals surface area contributed by atoms with Gasteiger partial charge in [-0.3, -0.25) is 18.8 Å². The molecule has 0 saturated carbocycles. The van der Waals surface area contributed by atoms with Crippen molar-refractivity contribution in [3.05, 3.63) is 92.8 Å². The first-order chi connectivity index (χ1) is 18.9. The second kappa shape index (κ2) is 13.5. The molecular formula is C27H29ClF6N4O3. The topological polar surface area (TPSA) is 59.7 Å². The summed E-state index contributed by atoms with van der Waals surface area (Å²) in [6, 6.07) is 15.0. The summed E-state index contributed by atoms with van der Waals surface area (Å²) in [5.41, 5.74) is -2.43. The lowest BCUT2D eigenvalue weighted by Gasteiger charge is -2.36. The standard InChI is InChI=1S/C27H28F6N4O3.ClH/c28-26(29,30)19-40-23-10-5-4-9-22(23)35-15-13-34(14-16-35)11-6-12-37-24(38)21(27(31,32)33)18-36(25(37)39)17-20-7-2-1-3-8-20;/h1-5,7-10,18H,6,11-17,19H2;1H. The van der Waals surface area contributed by atoms with Gasteiger partial charge in [-0.05, 0) is 30.7 Å². The second-order valence-corrected chi connectivity index (χ2v) is 9.45. The maximum atomic E-state index is 13.6.